The summed E-state index contributed by atoms with van der Waals surface area (Å²) in [6.45, 7) is 11.4. The van der Waals surface area contributed by atoms with Crippen LogP contribution < -0.4 is 10.2 Å². The average molecular weight is 288 g/mol. The van der Waals surface area contributed by atoms with Crippen molar-refractivity contribution in [2.24, 2.45) is 11.3 Å². The van der Waals surface area contributed by atoms with Crippen LogP contribution in [0.3, 0.4) is 0 Å². The predicted molar refractivity (Wildman–Crippen MR) is 92.9 cm³/mol. The largest absolute Gasteiger partial charge is 0.371 e. The van der Waals surface area contributed by atoms with Gasteiger partial charge in [-0.2, -0.15) is 0 Å². The number of benzene rings is 1. The zero-order chi connectivity index (χ0) is 15.1. The summed E-state index contributed by atoms with van der Waals surface area (Å²) in [6, 6.07) is 10.9. The normalized spacial score (nSPS) is 25.8. The highest BCUT2D eigenvalue weighted by Gasteiger charge is 2.35. The predicted octanol–water partition coefficient (Wildman–Crippen LogP) is 4.32. The van der Waals surface area contributed by atoms with Gasteiger partial charge in [0.1, 0.15) is 0 Å². The Hall–Kier alpha value is -1.02. The molecular formula is C19H32N2. The van der Waals surface area contributed by atoms with Crippen LogP contribution in [0.25, 0.3) is 0 Å². The van der Waals surface area contributed by atoms with Gasteiger partial charge in [0, 0.05) is 30.7 Å². The van der Waals surface area contributed by atoms with Gasteiger partial charge in [0.2, 0.25) is 0 Å². The molecule has 1 aromatic carbocycles. The number of hydrogen-bond acceptors (Lipinski definition) is 2. The van der Waals surface area contributed by atoms with Gasteiger partial charge in [-0.25, -0.2) is 0 Å². The maximum absolute atomic E-state index is 3.63. The Labute approximate surface area is 130 Å². The summed E-state index contributed by atoms with van der Waals surface area (Å²) in [5, 5.41) is 3.63. The molecule has 1 N–H and O–H groups in total. The standard InChI is InChI=1S/C19H32N2/c1-4-20-15-19(13-11-17(3)12-14-19)16-21(5-2)18-9-7-6-8-10-18/h6-10,17,20H,4-5,11-16H2,1-3H3. The highest BCUT2D eigenvalue weighted by Crippen LogP contribution is 2.39. The first-order valence-corrected chi connectivity index (χ1v) is 8.70. The van der Waals surface area contributed by atoms with Crippen LogP contribution in [-0.2, 0) is 0 Å². The number of rotatable bonds is 7. The molecule has 0 radical (unpaired) electrons. The highest BCUT2D eigenvalue weighted by molar-refractivity contribution is 5.46. The van der Waals surface area contributed by atoms with E-state index in [0.717, 1.165) is 19.0 Å². The number of nitrogens with one attached hydrogen (secondary N) is 1. The first-order valence-electron chi connectivity index (χ1n) is 8.70. The molecule has 2 nitrogen and oxygen atoms in total. The summed E-state index contributed by atoms with van der Waals surface area (Å²) in [7, 11) is 0. The van der Waals surface area contributed by atoms with Crippen LogP contribution in [0.1, 0.15) is 46.5 Å². The van der Waals surface area contributed by atoms with Gasteiger partial charge in [0.05, 0.1) is 0 Å². The molecule has 2 heteroatoms. The van der Waals surface area contributed by atoms with Crippen LogP contribution in [-0.4, -0.2) is 26.2 Å². The Morgan fingerprint density at radius 3 is 2.38 bits per heavy atom. The van der Waals surface area contributed by atoms with Crippen molar-refractivity contribution in [1.29, 1.82) is 0 Å². The van der Waals surface area contributed by atoms with Gasteiger partial charge in [-0.1, -0.05) is 44.9 Å². The van der Waals surface area contributed by atoms with E-state index in [-0.39, 0.29) is 0 Å². The number of nitrogens with zero attached hydrogens (tertiary/aromatic N) is 1. The van der Waals surface area contributed by atoms with Crippen LogP contribution in [0.15, 0.2) is 30.3 Å². The first kappa shape index (κ1) is 16.4. The molecule has 1 aliphatic rings. The minimum absolute atomic E-state index is 0.453. The molecule has 0 amide bonds. The summed E-state index contributed by atoms with van der Waals surface area (Å²) in [5.41, 5.74) is 1.82. The van der Waals surface area contributed by atoms with Gasteiger partial charge in [-0.3, -0.25) is 0 Å². The number of hydrogen-bond donors (Lipinski definition) is 1. The van der Waals surface area contributed by atoms with E-state index in [1.807, 2.05) is 0 Å². The number of anilines is 1. The lowest BCUT2D eigenvalue weighted by Crippen LogP contribution is -2.46. The van der Waals surface area contributed by atoms with E-state index in [0.29, 0.717) is 5.41 Å². The van der Waals surface area contributed by atoms with E-state index in [1.54, 1.807) is 0 Å². The molecule has 0 atom stereocenters. The molecule has 0 heterocycles. The third kappa shape index (κ3) is 4.47. The second-order valence-electron chi connectivity index (χ2n) is 6.81. The van der Waals surface area contributed by atoms with Crippen LogP contribution in [0.5, 0.6) is 0 Å². The van der Waals surface area contributed by atoms with Crippen molar-refractivity contribution >= 4 is 5.69 Å². The van der Waals surface area contributed by atoms with E-state index >= 15 is 0 Å². The molecule has 1 aliphatic carbocycles. The minimum Gasteiger partial charge on any atom is -0.371 e. The SMILES string of the molecule is CCNCC1(CN(CC)c2ccccc2)CCC(C)CC1. The van der Waals surface area contributed by atoms with Crippen LogP contribution in [0.4, 0.5) is 5.69 Å². The molecule has 2 rings (SSSR count). The van der Waals surface area contributed by atoms with Crippen LogP contribution in [0.2, 0.25) is 0 Å². The molecule has 1 aromatic rings. The summed E-state index contributed by atoms with van der Waals surface area (Å²) in [5.74, 6) is 0.909. The Bertz CT molecular complexity index is 388. The Morgan fingerprint density at radius 1 is 1.14 bits per heavy atom. The van der Waals surface area contributed by atoms with Crippen molar-refractivity contribution in [1.82, 2.24) is 5.32 Å². The molecule has 0 saturated heterocycles. The lowest BCUT2D eigenvalue weighted by atomic mass is 9.70. The smallest absolute Gasteiger partial charge is 0.0366 e. The van der Waals surface area contributed by atoms with E-state index < -0.39 is 0 Å². The molecule has 0 bridgehead atoms. The molecule has 118 valence electrons. The maximum atomic E-state index is 3.63. The quantitative estimate of drug-likeness (QED) is 0.804. The van der Waals surface area contributed by atoms with E-state index in [9.17, 15) is 0 Å². The zero-order valence-electron chi connectivity index (χ0n) is 14.1. The Morgan fingerprint density at radius 2 is 1.81 bits per heavy atom. The molecule has 0 unspecified atom stereocenters. The van der Waals surface area contributed by atoms with Gasteiger partial charge < -0.3 is 10.2 Å². The van der Waals surface area contributed by atoms with Crippen molar-refractivity contribution in [2.75, 3.05) is 31.1 Å². The average Bonchev–Trinajstić information content (AvgIpc) is 2.54. The topological polar surface area (TPSA) is 15.3 Å². The van der Waals surface area contributed by atoms with Crippen molar-refractivity contribution in [3.8, 4) is 0 Å². The summed E-state index contributed by atoms with van der Waals surface area (Å²) < 4.78 is 0. The van der Waals surface area contributed by atoms with E-state index in [1.165, 1.54) is 44.5 Å². The fourth-order valence-corrected chi connectivity index (χ4v) is 3.58. The highest BCUT2D eigenvalue weighted by atomic mass is 15.1. The second kappa shape index (κ2) is 7.84. The Kier molecular flexibility index (Phi) is 6.10. The molecule has 0 aliphatic heterocycles. The zero-order valence-corrected chi connectivity index (χ0v) is 14.1. The summed E-state index contributed by atoms with van der Waals surface area (Å²) >= 11 is 0. The van der Waals surface area contributed by atoms with Crippen molar-refractivity contribution in [3.63, 3.8) is 0 Å². The van der Waals surface area contributed by atoms with Crippen LogP contribution >= 0.6 is 0 Å². The van der Waals surface area contributed by atoms with Gasteiger partial charge in [0.15, 0.2) is 0 Å². The van der Waals surface area contributed by atoms with Gasteiger partial charge in [-0.05, 0) is 44.4 Å². The lowest BCUT2D eigenvalue weighted by Gasteiger charge is -2.43. The van der Waals surface area contributed by atoms with Crippen molar-refractivity contribution < 1.29 is 0 Å². The monoisotopic (exact) mass is 288 g/mol. The van der Waals surface area contributed by atoms with E-state index in [4.69, 9.17) is 0 Å². The molecule has 1 fully saturated rings. The van der Waals surface area contributed by atoms with Gasteiger partial charge in [-0.15, -0.1) is 0 Å². The van der Waals surface area contributed by atoms with Gasteiger partial charge >= 0.3 is 0 Å². The summed E-state index contributed by atoms with van der Waals surface area (Å²) in [6.07, 6.45) is 5.50. The van der Waals surface area contributed by atoms with E-state index in [2.05, 4.69) is 61.3 Å². The Balaban J connectivity index is 2.09. The third-order valence-electron chi connectivity index (χ3n) is 5.11. The molecular weight excluding hydrogens is 256 g/mol. The first-order chi connectivity index (χ1) is 10.2. The minimum atomic E-state index is 0.453. The number of para-hydroxylation sites is 1. The fourth-order valence-electron chi connectivity index (χ4n) is 3.58. The third-order valence-corrected chi connectivity index (χ3v) is 5.11. The molecule has 1 saturated carbocycles. The second-order valence-corrected chi connectivity index (χ2v) is 6.81. The van der Waals surface area contributed by atoms with Crippen molar-refractivity contribution in [2.45, 2.75) is 46.5 Å². The lowest BCUT2D eigenvalue weighted by molar-refractivity contribution is 0.157. The molecule has 0 aromatic heterocycles. The fraction of sp³-hybridized carbons (Fsp3) is 0.684. The van der Waals surface area contributed by atoms with Crippen molar-refractivity contribution in [3.05, 3.63) is 30.3 Å². The van der Waals surface area contributed by atoms with Crippen LogP contribution in [0, 0.1) is 11.3 Å². The summed E-state index contributed by atoms with van der Waals surface area (Å²) in [4.78, 5) is 2.56. The molecule has 0 spiro atoms. The maximum Gasteiger partial charge on any atom is 0.0366 e. The molecule has 21 heavy (non-hydrogen) atoms. The van der Waals surface area contributed by atoms with Gasteiger partial charge in [0.25, 0.3) is 0 Å².